The first-order valence-electron chi connectivity index (χ1n) is 6.68. The van der Waals surface area contributed by atoms with E-state index in [9.17, 15) is 10.1 Å². The Morgan fingerprint density at radius 2 is 2.05 bits per heavy atom. The molecule has 21 heavy (non-hydrogen) atoms. The third kappa shape index (κ3) is 2.72. The molecule has 0 bridgehead atoms. The van der Waals surface area contributed by atoms with Crippen molar-refractivity contribution in [1.82, 2.24) is 4.98 Å². The number of aryl methyl sites for hydroxylation is 1. The molecule has 5 nitrogen and oxygen atoms in total. The number of benzene rings is 2. The van der Waals surface area contributed by atoms with Crippen molar-refractivity contribution in [3.05, 3.63) is 69.9 Å². The van der Waals surface area contributed by atoms with Crippen LogP contribution >= 0.6 is 0 Å². The summed E-state index contributed by atoms with van der Waals surface area (Å²) in [6.07, 6.45) is 1.91. The van der Waals surface area contributed by atoms with E-state index in [0.717, 1.165) is 16.8 Å². The number of nitrogens with one attached hydrogen (secondary N) is 2. The summed E-state index contributed by atoms with van der Waals surface area (Å²) < 4.78 is 0. The molecule has 2 N–H and O–H groups in total. The van der Waals surface area contributed by atoms with E-state index in [0.29, 0.717) is 12.1 Å². The molecule has 0 atom stereocenters. The molecule has 3 aromatic rings. The van der Waals surface area contributed by atoms with Gasteiger partial charge in [-0.1, -0.05) is 18.2 Å². The molecule has 5 heteroatoms. The number of aromatic nitrogens is 1. The van der Waals surface area contributed by atoms with Crippen LogP contribution in [0.2, 0.25) is 0 Å². The van der Waals surface area contributed by atoms with Gasteiger partial charge in [-0.25, -0.2) is 0 Å². The van der Waals surface area contributed by atoms with Gasteiger partial charge >= 0.3 is 0 Å². The highest BCUT2D eigenvalue weighted by atomic mass is 16.6. The molecular weight excluding hydrogens is 266 g/mol. The number of aromatic amines is 1. The van der Waals surface area contributed by atoms with Crippen molar-refractivity contribution in [3.63, 3.8) is 0 Å². The number of hydrogen-bond donors (Lipinski definition) is 2. The van der Waals surface area contributed by atoms with Crippen LogP contribution in [0, 0.1) is 17.0 Å². The SMILES string of the molecule is Cc1ccc(NCc2ccc3cc[nH]c3c2)cc1[N+](=O)[O-]. The van der Waals surface area contributed by atoms with Crippen molar-refractivity contribution in [2.45, 2.75) is 13.5 Å². The summed E-state index contributed by atoms with van der Waals surface area (Å²) in [5.74, 6) is 0. The maximum Gasteiger partial charge on any atom is 0.274 e. The zero-order valence-electron chi connectivity index (χ0n) is 11.6. The van der Waals surface area contributed by atoms with Gasteiger partial charge in [0, 0.05) is 35.6 Å². The van der Waals surface area contributed by atoms with Gasteiger partial charge in [-0.05, 0) is 36.1 Å². The Labute approximate surface area is 121 Å². The fourth-order valence-electron chi connectivity index (χ4n) is 2.33. The second-order valence-corrected chi connectivity index (χ2v) is 5.01. The minimum Gasteiger partial charge on any atom is -0.381 e. The molecule has 1 heterocycles. The van der Waals surface area contributed by atoms with E-state index >= 15 is 0 Å². The van der Waals surface area contributed by atoms with E-state index in [4.69, 9.17) is 0 Å². The van der Waals surface area contributed by atoms with Crippen LogP contribution in [0.3, 0.4) is 0 Å². The fourth-order valence-corrected chi connectivity index (χ4v) is 2.33. The van der Waals surface area contributed by atoms with Crippen LogP contribution in [0.4, 0.5) is 11.4 Å². The summed E-state index contributed by atoms with van der Waals surface area (Å²) in [6, 6.07) is 13.4. The Kier molecular flexibility index (Phi) is 3.31. The van der Waals surface area contributed by atoms with E-state index in [1.165, 1.54) is 5.39 Å². The van der Waals surface area contributed by atoms with E-state index in [1.807, 2.05) is 24.4 Å². The molecule has 0 fully saturated rings. The Balaban J connectivity index is 1.77. The lowest BCUT2D eigenvalue weighted by Crippen LogP contribution is -2.00. The van der Waals surface area contributed by atoms with Gasteiger partial charge in [0.25, 0.3) is 5.69 Å². The highest BCUT2D eigenvalue weighted by Gasteiger charge is 2.10. The van der Waals surface area contributed by atoms with Crippen LogP contribution in [-0.4, -0.2) is 9.91 Å². The van der Waals surface area contributed by atoms with Gasteiger partial charge in [0.05, 0.1) is 4.92 Å². The lowest BCUT2D eigenvalue weighted by atomic mass is 10.1. The summed E-state index contributed by atoms with van der Waals surface area (Å²) in [5.41, 5.74) is 3.76. The second kappa shape index (κ2) is 5.28. The molecule has 0 saturated heterocycles. The number of rotatable bonds is 4. The van der Waals surface area contributed by atoms with Crippen LogP contribution < -0.4 is 5.32 Å². The van der Waals surface area contributed by atoms with Crippen molar-refractivity contribution >= 4 is 22.3 Å². The first-order valence-corrected chi connectivity index (χ1v) is 6.68. The third-order valence-electron chi connectivity index (χ3n) is 3.52. The summed E-state index contributed by atoms with van der Waals surface area (Å²) >= 11 is 0. The number of nitro groups is 1. The van der Waals surface area contributed by atoms with Gasteiger partial charge in [0.2, 0.25) is 0 Å². The standard InChI is InChI=1S/C16H15N3O2/c1-11-2-5-14(9-16(11)19(20)21)18-10-12-3-4-13-6-7-17-15(13)8-12/h2-9,17-18H,10H2,1H3. The van der Waals surface area contributed by atoms with Crippen molar-refractivity contribution in [2.24, 2.45) is 0 Å². The largest absolute Gasteiger partial charge is 0.381 e. The van der Waals surface area contributed by atoms with E-state index in [2.05, 4.69) is 22.4 Å². The summed E-state index contributed by atoms with van der Waals surface area (Å²) in [5, 5.41) is 15.3. The maximum atomic E-state index is 10.9. The summed E-state index contributed by atoms with van der Waals surface area (Å²) in [6.45, 7) is 2.36. The molecule has 0 spiro atoms. The molecule has 1 aromatic heterocycles. The number of anilines is 1. The van der Waals surface area contributed by atoms with Crippen LogP contribution in [0.1, 0.15) is 11.1 Å². The molecule has 0 aliphatic rings. The lowest BCUT2D eigenvalue weighted by Gasteiger charge is -2.07. The minimum absolute atomic E-state index is 0.139. The zero-order valence-corrected chi connectivity index (χ0v) is 11.6. The molecule has 3 rings (SSSR count). The third-order valence-corrected chi connectivity index (χ3v) is 3.52. The van der Waals surface area contributed by atoms with Gasteiger partial charge in [-0.15, -0.1) is 0 Å². The van der Waals surface area contributed by atoms with Crippen molar-refractivity contribution in [2.75, 3.05) is 5.32 Å². The van der Waals surface area contributed by atoms with Gasteiger partial charge in [0.15, 0.2) is 0 Å². The molecule has 0 aliphatic heterocycles. The number of nitrogens with zero attached hydrogens (tertiary/aromatic N) is 1. The Bertz CT molecular complexity index is 808. The van der Waals surface area contributed by atoms with E-state index in [1.54, 1.807) is 19.1 Å². The van der Waals surface area contributed by atoms with Gasteiger partial charge in [-0.2, -0.15) is 0 Å². The number of hydrogen-bond acceptors (Lipinski definition) is 3. The van der Waals surface area contributed by atoms with Crippen LogP contribution in [0.15, 0.2) is 48.7 Å². The van der Waals surface area contributed by atoms with Crippen molar-refractivity contribution < 1.29 is 4.92 Å². The monoisotopic (exact) mass is 281 g/mol. The summed E-state index contributed by atoms with van der Waals surface area (Å²) in [7, 11) is 0. The van der Waals surface area contributed by atoms with Crippen LogP contribution in [-0.2, 0) is 6.54 Å². The number of H-pyrrole nitrogens is 1. The second-order valence-electron chi connectivity index (χ2n) is 5.01. The first kappa shape index (κ1) is 13.2. The van der Waals surface area contributed by atoms with Crippen molar-refractivity contribution in [3.8, 4) is 0 Å². The van der Waals surface area contributed by atoms with Gasteiger partial charge in [-0.3, -0.25) is 10.1 Å². The number of fused-ring (bicyclic) bond motifs is 1. The lowest BCUT2D eigenvalue weighted by molar-refractivity contribution is -0.385. The summed E-state index contributed by atoms with van der Waals surface area (Å²) in [4.78, 5) is 13.8. The average molecular weight is 281 g/mol. The predicted molar refractivity (Wildman–Crippen MR) is 83.5 cm³/mol. The quantitative estimate of drug-likeness (QED) is 0.561. The molecule has 0 aliphatic carbocycles. The van der Waals surface area contributed by atoms with Gasteiger partial charge < -0.3 is 10.3 Å². The molecule has 2 aromatic carbocycles. The highest BCUT2D eigenvalue weighted by molar-refractivity contribution is 5.79. The number of nitro benzene ring substituents is 1. The first-order chi connectivity index (χ1) is 10.1. The topological polar surface area (TPSA) is 71.0 Å². The van der Waals surface area contributed by atoms with E-state index < -0.39 is 0 Å². The molecule has 0 amide bonds. The maximum absolute atomic E-state index is 10.9. The molecule has 0 radical (unpaired) electrons. The van der Waals surface area contributed by atoms with Crippen LogP contribution in [0.5, 0.6) is 0 Å². The molecular formula is C16H15N3O2. The smallest absolute Gasteiger partial charge is 0.274 e. The molecule has 106 valence electrons. The Morgan fingerprint density at radius 1 is 1.19 bits per heavy atom. The van der Waals surface area contributed by atoms with Crippen molar-refractivity contribution in [1.29, 1.82) is 0 Å². The zero-order chi connectivity index (χ0) is 14.8. The molecule has 0 unspecified atom stereocenters. The Hall–Kier alpha value is -2.82. The average Bonchev–Trinajstić information content (AvgIpc) is 2.93. The predicted octanol–water partition coefficient (Wildman–Crippen LogP) is 4.00. The minimum atomic E-state index is -0.356. The fraction of sp³-hybridized carbons (Fsp3) is 0.125. The van der Waals surface area contributed by atoms with E-state index in [-0.39, 0.29) is 10.6 Å². The normalized spacial score (nSPS) is 10.7. The highest BCUT2D eigenvalue weighted by Crippen LogP contribution is 2.23. The van der Waals surface area contributed by atoms with Crippen LogP contribution in [0.25, 0.3) is 10.9 Å². The molecule has 0 saturated carbocycles. The van der Waals surface area contributed by atoms with Gasteiger partial charge in [0.1, 0.15) is 0 Å². The Morgan fingerprint density at radius 3 is 2.86 bits per heavy atom.